The fourth-order valence-electron chi connectivity index (χ4n) is 5.95. The van der Waals surface area contributed by atoms with Gasteiger partial charge in [-0.25, -0.2) is 0 Å². The van der Waals surface area contributed by atoms with Gasteiger partial charge in [0.05, 0.1) is 12.3 Å². The molecule has 0 bridgehead atoms. The Morgan fingerprint density at radius 3 is 2.46 bits per heavy atom. The summed E-state index contributed by atoms with van der Waals surface area (Å²) in [5, 5.41) is 7.48. The van der Waals surface area contributed by atoms with Crippen LogP contribution in [0, 0.1) is 11.8 Å². The maximum atomic E-state index is 13.0. The van der Waals surface area contributed by atoms with Crippen molar-refractivity contribution >= 4 is 23.4 Å². The van der Waals surface area contributed by atoms with Crippen molar-refractivity contribution in [3.05, 3.63) is 47.7 Å². The van der Waals surface area contributed by atoms with E-state index in [1.54, 1.807) is 7.11 Å². The van der Waals surface area contributed by atoms with Gasteiger partial charge in [0.15, 0.2) is 6.29 Å². The predicted octanol–water partition coefficient (Wildman–Crippen LogP) is 4.84. The second-order valence-electron chi connectivity index (χ2n) is 11.1. The molecule has 210 valence electrons. The molecule has 1 N–H and O–H groups in total. The largest absolute Gasteiger partial charge is 0.493 e. The van der Waals surface area contributed by atoms with Gasteiger partial charge in [0.1, 0.15) is 12.9 Å². The van der Waals surface area contributed by atoms with E-state index in [-0.39, 0.29) is 12.2 Å². The molecule has 0 aromatic heterocycles. The summed E-state index contributed by atoms with van der Waals surface area (Å²) in [4.78, 5) is 27.0. The summed E-state index contributed by atoms with van der Waals surface area (Å²) >= 11 is 0. The van der Waals surface area contributed by atoms with Gasteiger partial charge in [0, 0.05) is 57.4 Å². The van der Waals surface area contributed by atoms with E-state index >= 15 is 0 Å². The minimum absolute atomic E-state index is 0.0752. The SMILES string of the molecule is CCC1=CNC(N2CCC(COc3ccc(C4=CCC(C(=O)N5CCC(=NOC)CC5)CC4)cc3)CC2)N=C1. The third-order valence-electron chi connectivity index (χ3n) is 8.55. The van der Waals surface area contributed by atoms with E-state index < -0.39 is 0 Å². The van der Waals surface area contributed by atoms with E-state index in [1.807, 2.05) is 11.1 Å². The number of hydrogen-bond donors (Lipinski definition) is 1. The summed E-state index contributed by atoms with van der Waals surface area (Å²) in [5.74, 6) is 1.89. The molecule has 39 heavy (non-hydrogen) atoms. The first kappa shape index (κ1) is 27.4. The summed E-state index contributed by atoms with van der Waals surface area (Å²) in [6.07, 6.45) is 14.0. The van der Waals surface area contributed by atoms with E-state index in [1.165, 1.54) is 16.7 Å². The Hall–Kier alpha value is -3.13. The number of ether oxygens (including phenoxy) is 1. The van der Waals surface area contributed by atoms with Crippen molar-refractivity contribution in [3.63, 3.8) is 0 Å². The molecule has 0 spiro atoms. The number of nitrogens with zero attached hydrogens (tertiary/aromatic N) is 4. The summed E-state index contributed by atoms with van der Waals surface area (Å²) in [5.41, 5.74) is 4.88. The maximum Gasteiger partial charge on any atom is 0.226 e. The summed E-state index contributed by atoms with van der Waals surface area (Å²) in [6, 6.07) is 8.51. The van der Waals surface area contributed by atoms with Crippen LogP contribution in [0.3, 0.4) is 0 Å². The molecule has 0 radical (unpaired) electrons. The molecule has 1 aromatic carbocycles. The lowest BCUT2D eigenvalue weighted by molar-refractivity contribution is -0.135. The van der Waals surface area contributed by atoms with Gasteiger partial charge in [-0.1, -0.05) is 30.3 Å². The van der Waals surface area contributed by atoms with Gasteiger partial charge in [-0.3, -0.25) is 14.7 Å². The zero-order valence-electron chi connectivity index (χ0n) is 23.5. The van der Waals surface area contributed by atoms with Crippen LogP contribution in [-0.2, 0) is 9.63 Å². The average Bonchev–Trinajstić information content (AvgIpc) is 3.01. The van der Waals surface area contributed by atoms with Crippen LogP contribution in [0.1, 0.15) is 63.9 Å². The third-order valence-corrected chi connectivity index (χ3v) is 8.55. The van der Waals surface area contributed by atoms with E-state index in [4.69, 9.17) is 9.57 Å². The number of nitrogens with one attached hydrogen (secondary N) is 1. The number of allylic oxidation sites excluding steroid dienone is 3. The van der Waals surface area contributed by atoms with Crippen molar-refractivity contribution in [1.82, 2.24) is 15.1 Å². The Kier molecular flexibility index (Phi) is 9.35. The molecule has 2 fully saturated rings. The number of amides is 1. The van der Waals surface area contributed by atoms with Crippen molar-refractivity contribution in [2.24, 2.45) is 22.0 Å². The quantitative estimate of drug-likeness (QED) is 0.484. The van der Waals surface area contributed by atoms with Gasteiger partial charge >= 0.3 is 0 Å². The van der Waals surface area contributed by atoms with E-state index in [2.05, 4.69) is 63.8 Å². The lowest BCUT2D eigenvalue weighted by Gasteiger charge is -2.36. The normalized spacial score (nSPS) is 24.5. The number of carbonyl (C=O) groups excluding carboxylic acids is 1. The first-order valence-corrected chi connectivity index (χ1v) is 14.6. The van der Waals surface area contributed by atoms with E-state index in [0.29, 0.717) is 11.8 Å². The van der Waals surface area contributed by atoms with Gasteiger partial charge in [0.25, 0.3) is 0 Å². The number of carbonyl (C=O) groups is 1. The van der Waals surface area contributed by atoms with Crippen LogP contribution in [0.2, 0.25) is 0 Å². The fraction of sp³-hybridized carbons (Fsp3) is 0.581. The highest BCUT2D eigenvalue weighted by molar-refractivity contribution is 5.88. The second-order valence-corrected chi connectivity index (χ2v) is 11.1. The smallest absolute Gasteiger partial charge is 0.226 e. The number of aliphatic imine (C=N–C) groups is 1. The molecular formula is C31H43N5O3. The van der Waals surface area contributed by atoms with E-state index in [0.717, 1.165) is 95.6 Å². The minimum atomic E-state index is 0.0752. The van der Waals surface area contributed by atoms with Gasteiger partial charge in [-0.15, -0.1) is 0 Å². The van der Waals surface area contributed by atoms with Crippen molar-refractivity contribution in [1.29, 1.82) is 0 Å². The van der Waals surface area contributed by atoms with Gasteiger partial charge in [-0.2, -0.15) is 0 Å². The molecule has 0 saturated carbocycles. The number of benzene rings is 1. The third kappa shape index (κ3) is 7.10. The Balaban J connectivity index is 1.03. The summed E-state index contributed by atoms with van der Waals surface area (Å²) < 4.78 is 6.18. The highest BCUT2D eigenvalue weighted by atomic mass is 16.6. The van der Waals surface area contributed by atoms with Crippen molar-refractivity contribution in [3.8, 4) is 5.75 Å². The molecule has 3 heterocycles. The van der Waals surface area contributed by atoms with Gasteiger partial charge < -0.3 is 19.8 Å². The van der Waals surface area contributed by atoms with E-state index in [9.17, 15) is 4.79 Å². The molecular weight excluding hydrogens is 490 g/mol. The first-order valence-electron chi connectivity index (χ1n) is 14.6. The molecule has 3 aliphatic heterocycles. The fourth-order valence-corrected chi connectivity index (χ4v) is 5.95. The second kappa shape index (κ2) is 13.3. The Bertz CT molecular complexity index is 1090. The molecule has 2 atom stereocenters. The van der Waals surface area contributed by atoms with Crippen LogP contribution < -0.4 is 10.1 Å². The van der Waals surface area contributed by atoms with Crippen LogP contribution in [0.4, 0.5) is 0 Å². The van der Waals surface area contributed by atoms with Crippen LogP contribution in [0.5, 0.6) is 5.75 Å². The highest BCUT2D eigenvalue weighted by Gasteiger charge is 2.29. The first-order chi connectivity index (χ1) is 19.1. The minimum Gasteiger partial charge on any atom is -0.493 e. The topological polar surface area (TPSA) is 78.8 Å². The lowest BCUT2D eigenvalue weighted by Crippen LogP contribution is -2.48. The number of oxime groups is 1. The molecule has 2 saturated heterocycles. The predicted molar refractivity (Wildman–Crippen MR) is 156 cm³/mol. The van der Waals surface area contributed by atoms with Crippen molar-refractivity contribution in [2.75, 3.05) is 39.9 Å². The number of likely N-dealkylation sites (tertiary alicyclic amines) is 2. The van der Waals surface area contributed by atoms with Crippen LogP contribution >= 0.6 is 0 Å². The zero-order valence-corrected chi connectivity index (χ0v) is 23.5. The maximum absolute atomic E-state index is 13.0. The Morgan fingerprint density at radius 1 is 1.08 bits per heavy atom. The number of rotatable bonds is 8. The molecule has 8 heteroatoms. The van der Waals surface area contributed by atoms with Crippen LogP contribution in [0.15, 0.2) is 52.3 Å². The lowest BCUT2D eigenvalue weighted by atomic mass is 9.85. The monoisotopic (exact) mass is 533 g/mol. The van der Waals surface area contributed by atoms with Gasteiger partial charge in [-0.05, 0) is 73.3 Å². The Labute approximate surface area is 232 Å². The number of hydrogen-bond acceptors (Lipinski definition) is 7. The molecule has 2 unspecified atom stereocenters. The molecule has 4 aliphatic rings. The van der Waals surface area contributed by atoms with Crippen LogP contribution in [0.25, 0.3) is 5.57 Å². The molecule has 5 rings (SSSR count). The molecule has 1 amide bonds. The number of piperidine rings is 2. The molecule has 1 aromatic rings. The van der Waals surface area contributed by atoms with Gasteiger partial charge in [0.2, 0.25) is 5.91 Å². The standard InChI is InChI=1S/C31H43N5O3/c1-3-23-20-32-31(33-21-23)36-16-12-24(13-17-36)22-39-29-10-8-26(9-11-29)25-4-6-27(7-5-25)30(37)35-18-14-28(15-19-35)34-38-2/h4,8-11,20-21,24,27,31-32H,3,5-7,12-19,22H2,1-2H3. The average molecular weight is 534 g/mol. The molecule has 1 aliphatic carbocycles. The zero-order chi connectivity index (χ0) is 27.0. The van der Waals surface area contributed by atoms with Crippen LogP contribution in [-0.4, -0.2) is 73.8 Å². The summed E-state index contributed by atoms with van der Waals surface area (Å²) in [7, 11) is 1.58. The molecule has 8 nitrogen and oxygen atoms in total. The van der Waals surface area contributed by atoms with Crippen molar-refractivity contribution < 1.29 is 14.4 Å². The Morgan fingerprint density at radius 2 is 1.85 bits per heavy atom. The van der Waals surface area contributed by atoms with Crippen molar-refractivity contribution in [2.45, 2.75) is 64.6 Å². The summed E-state index contributed by atoms with van der Waals surface area (Å²) in [6.45, 7) is 6.48. The highest BCUT2D eigenvalue weighted by Crippen LogP contribution is 2.32.